The van der Waals surface area contributed by atoms with Gasteiger partial charge in [0.05, 0.1) is 6.54 Å². The molecule has 2 aromatic rings. The molecular formula is C25H26N2O. The third-order valence-corrected chi connectivity index (χ3v) is 5.40. The molecule has 2 aromatic carbocycles. The zero-order valence-corrected chi connectivity index (χ0v) is 16.1. The SMILES string of the molecule is O=C(CN1C=C2CC=CC=C2C1)NCCC(c1ccccc1)c1ccccc1. The molecule has 0 atom stereocenters. The Labute approximate surface area is 167 Å². The van der Waals surface area contributed by atoms with E-state index in [1.807, 2.05) is 12.1 Å². The molecule has 0 fully saturated rings. The first kappa shape index (κ1) is 18.3. The summed E-state index contributed by atoms with van der Waals surface area (Å²) >= 11 is 0. The summed E-state index contributed by atoms with van der Waals surface area (Å²) < 4.78 is 0. The molecule has 2 aliphatic rings. The lowest BCUT2D eigenvalue weighted by molar-refractivity contribution is -0.121. The quantitative estimate of drug-likeness (QED) is 0.783. The summed E-state index contributed by atoms with van der Waals surface area (Å²) in [5.74, 6) is 0.375. The molecule has 1 heterocycles. The van der Waals surface area contributed by atoms with Crippen molar-refractivity contribution in [1.29, 1.82) is 0 Å². The van der Waals surface area contributed by atoms with Gasteiger partial charge in [-0.2, -0.15) is 0 Å². The summed E-state index contributed by atoms with van der Waals surface area (Å²) in [6.07, 6.45) is 10.4. The van der Waals surface area contributed by atoms with Crippen LogP contribution in [0, 0.1) is 0 Å². The van der Waals surface area contributed by atoms with Crippen LogP contribution in [0.5, 0.6) is 0 Å². The van der Waals surface area contributed by atoms with Crippen molar-refractivity contribution in [3.05, 3.63) is 107 Å². The molecule has 4 rings (SSSR count). The lowest BCUT2D eigenvalue weighted by Gasteiger charge is -2.19. The molecule has 1 aliphatic carbocycles. The van der Waals surface area contributed by atoms with Crippen LogP contribution in [0.2, 0.25) is 0 Å². The Kier molecular flexibility index (Phi) is 5.72. The highest BCUT2D eigenvalue weighted by atomic mass is 16.2. The molecule has 28 heavy (non-hydrogen) atoms. The number of nitrogens with zero attached hydrogens (tertiary/aromatic N) is 1. The average Bonchev–Trinajstić information content (AvgIpc) is 3.14. The van der Waals surface area contributed by atoms with E-state index in [0.29, 0.717) is 13.1 Å². The number of rotatable bonds is 7. The Balaban J connectivity index is 1.32. The first-order valence-electron chi connectivity index (χ1n) is 9.97. The van der Waals surface area contributed by atoms with Gasteiger partial charge in [-0.15, -0.1) is 0 Å². The molecule has 0 saturated heterocycles. The third kappa shape index (κ3) is 4.42. The second kappa shape index (κ2) is 8.75. The summed E-state index contributed by atoms with van der Waals surface area (Å²) in [6.45, 7) is 1.92. The second-order valence-corrected chi connectivity index (χ2v) is 7.40. The van der Waals surface area contributed by atoms with Gasteiger partial charge in [-0.1, -0.05) is 78.9 Å². The highest BCUT2D eigenvalue weighted by Gasteiger charge is 2.20. The van der Waals surface area contributed by atoms with E-state index >= 15 is 0 Å². The number of hydrogen-bond donors (Lipinski definition) is 1. The molecule has 0 bridgehead atoms. The largest absolute Gasteiger partial charge is 0.364 e. The Hall–Kier alpha value is -3.07. The normalized spacial score (nSPS) is 15.2. The highest BCUT2D eigenvalue weighted by molar-refractivity contribution is 5.78. The maximum absolute atomic E-state index is 12.4. The van der Waals surface area contributed by atoms with Crippen molar-refractivity contribution in [2.75, 3.05) is 19.6 Å². The van der Waals surface area contributed by atoms with Gasteiger partial charge in [0.15, 0.2) is 0 Å². The zero-order valence-electron chi connectivity index (χ0n) is 16.1. The molecule has 3 nitrogen and oxygen atoms in total. The molecule has 1 aliphatic heterocycles. The minimum Gasteiger partial charge on any atom is -0.364 e. The van der Waals surface area contributed by atoms with Crippen LogP contribution in [0.25, 0.3) is 0 Å². The van der Waals surface area contributed by atoms with Gasteiger partial charge in [-0.25, -0.2) is 0 Å². The van der Waals surface area contributed by atoms with Crippen molar-refractivity contribution in [2.45, 2.75) is 18.8 Å². The first-order valence-corrected chi connectivity index (χ1v) is 9.97. The topological polar surface area (TPSA) is 32.3 Å². The fraction of sp³-hybridized carbons (Fsp3) is 0.240. The molecule has 0 saturated carbocycles. The van der Waals surface area contributed by atoms with Crippen LogP contribution in [0.4, 0.5) is 0 Å². The molecule has 0 unspecified atom stereocenters. The van der Waals surface area contributed by atoms with Gasteiger partial charge in [0, 0.05) is 25.2 Å². The van der Waals surface area contributed by atoms with Crippen LogP contribution in [0.1, 0.15) is 29.9 Å². The number of hydrogen-bond acceptors (Lipinski definition) is 2. The van der Waals surface area contributed by atoms with E-state index in [4.69, 9.17) is 0 Å². The van der Waals surface area contributed by atoms with Gasteiger partial charge in [-0.3, -0.25) is 4.79 Å². The molecular weight excluding hydrogens is 344 g/mol. The minimum absolute atomic E-state index is 0.0870. The van der Waals surface area contributed by atoms with Gasteiger partial charge >= 0.3 is 0 Å². The van der Waals surface area contributed by atoms with E-state index in [9.17, 15) is 4.79 Å². The van der Waals surface area contributed by atoms with Crippen molar-refractivity contribution < 1.29 is 4.79 Å². The van der Waals surface area contributed by atoms with Gasteiger partial charge in [0.1, 0.15) is 0 Å². The Morgan fingerprint density at radius 1 is 0.964 bits per heavy atom. The fourth-order valence-corrected chi connectivity index (χ4v) is 3.99. The van der Waals surface area contributed by atoms with Gasteiger partial charge < -0.3 is 10.2 Å². The number of benzene rings is 2. The number of carbonyl (C=O) groups excluding carboxylic acids is 1. The lowest BCUT2D eigenvalue weighted by Crippen LogP contribution is -2.35. The Morgan fingerprint density at radius 3 is 2.29 bits per heavy atom. The summed E-state index contributed by atoms with van der Waals surface area (Å²) in [5, 5.41) is 3.12. The second-order valence-electron chi connectivity index (χ2n) is 7.40. The van der Waals surface area contributed by atoms with E-state index < -0.39 is 0 Å². The molecule has 0 spiro atoms. The highest BCUT2D eigenvalue weighted by Crippen LogP contribution is 2.28. The monoisotopic (exact) mass is 370 g/mol. The minimum atomic E-state index is 0.0870. The molecule has 0 aromatic heterocycles. The van der Waals surface area contributed by atoms with Crippen LogP contribution >= 0.6 is 0 Å². The first-order chi connectivity index (χ1) is 13.8. The van der Waals surface area contributed by atoms with E-state index in [2.05, 4.69) is 83.2 Å². The number of fused-ring (bicyclic) bond motifs is 1. The predicted molar refractivity (Wildman–Crippen MR) is 114 cm³/mol. The smallest absolute Gasteiger partial charge is 0.239 e. The van der Waals surface area contributed by atoms with E-state index in [-0.39, 0.29) is 11.8 Å². The summed E-state index contributed by atoms with van der Waals surface area (Å²) in [6, 6.07) is 21.1. The predicted octanol–water partition coefficient (Wildman–Crippen LogP) is 4.41. The van der Waals surface area contributed by atoms with E-state index in [1.165, 1.54) is 22.3 Å². The maximum Gasteiger partial charge on any atom is 0.239 e. The van der Waals surface area contributed by atoms with E-state index in [1.54, 1.807) is 0 Å². The number of nitrogens with one attached hydrogen (secondary N) is 1. The van der Waals surface area contributed by atoms with Crippen LogP contribution in [-0.2, 0) is 4.79 Å². The standard InChI is InChI=1S/C25H26N2O/c28-25(19-27-17-22-13-7-8-14-23(22)18-27)26-16-15-24(20-9-3-1-4-10-20)21-11-5-2-6-12-21/h1-13,18,24H,14-17,19H2,(H,26,28). The van der Waals surface area contributed by atoms with Gasteiger partial charge in [-0.05, 0) is 35.1 Å². The van der Waals surface area contributed by atoms with Crippen molar-refractivity contribution in [3.63, 3.8) is 0 Å². The van der Waals surface area contributed by atoms with Crippen molar-refractivity contribution >= 4 is 5.91 Å². The number of allylic oxidation sites excluding steroid dienone is 3. The van der Waals surface area contributed by atoms with Crippen molar-refractivity contribution in [3.8, 4) is 0 Å². The Bertz CT molecular complexity index is 857. The maximum atomic E-state index is 12.4. The molecule has 1 N–H and O–H groups in total. The molecule has 1 amide bonds. The summed E-state index contributed by atoms with van der Waals surface area (Å²) in [5.41, 5.74) is 5.25. The zero-order chi connectivity index (χ0) is 19.2. The third-order valence-electron chi connectivity index (χ3n) is 5.40. The number of amides is 1. The van der Waals surface area contributed by atoms with Gasteiger partial charge in [0.25, 0.3) is 0 Å². The van der Waals surface area contributed by atoms with Gasteiger partial charge in [0.2, 0.25) is 5.91 Å². The molecule has 3 heteroatoms. The summed E-state index contributed by atoms with van der Waals surface area (Å²) in [7, 11) is 0. The average molecular weight is 370 g/mol. The van der Waals surface area contributed by atoms with E-state index in [0.717, 1.165) is 19.4 Å². The molecule has 142 valence electrons. The number of carbonyl (C=O) groups is 1. The van der Waals surface area contributed by atoms with Crippen LogP contribution in [-0.4, -0.2) is 30.4 Å². The van der Waals surface area contributed by atoms with Crippen molar-refractivity contribution in [1.82, 2.24) is 10.2 Å². The molecule has 0 radical (unpaired) electrons. The Morgan fingerprint density at radius 2 is 1.64 bits per heavy atom. The lowest BCUT2D eigenvalue weighted by atomic mass is 9.88. The summed E-state index contributed by atoms with van der Waals surface area (Å²) in [4.78, 5) is 14.5. The van der Waals surface area contributed by atoms with Crippen molar-refractivity contribution in [2.24, 2.45) is 0 Å². The van der Waals surface area contributed by atoms with Crippen LogP contribution < -0.4 is 5.32 Å². The fourth-order valence-electron chi connectivity index (χ4n) is 3.99. The van der Waals surface area contributed by atoms with Crippen LogP contribution in [0.15, 0.2) is 96.2 Å². The van der Waals surface area contributed by atoms with Crippen LogP contribution in [0.3, 0.4) is 0 Å².